The summed E-state index contributed by atoms with van der Waals surface area (Å²) >= 11 is 0. The summed E-state index contributed by atoms with van der Waals surface area (Å²) in [6.07, 6.45) is 8.55. The van der Waals surface area contributed by atoms with Crippen LogP contribution in [0.2, 0.25) is 0 Å². The fraction of sp³-hybridized carbons (Fsp3) is 0. The Labute approximate surface area is 77.2 Å². The summed E-state index contributed by atoms with van der Waals surface area (Å²) in [5.74, 6) is 0. The van der Waals surface area contributed by atoms with Crippen LogP contribution >= 0.6 is 0 Å². The minimum atomic E-state index is 0.924. The van der Waals surface area contributed by atoms with Crippen LogP contribution in [0.5, 0.6) is 0 Å². The van der Waals surface area contributed by atoms with Crippen molar-refractivity contribution in [2.24, 2.45) is 0 Å². The quantitative estimate of drug-likeness (QED) is 0.717. The van der Waals surface area contributed by atoms with Crippen molar-refractivity contribution in [1.29, 1.82) is 0 Å². The van der Waals surface area contributed by atoms with Gasteiger partial charge in [0.2, 0.25) is 0 Å². The first kappa shape index (κ1) is 9.19. The SMILES string of the molecule is C=Cc1ccccn1.c1c[nH]cn1. The van der Waals surface area contributed by atoms with Crippen LogP contribution in [-0.4, -0.2) is 15.0 Å². The molecule has 2 aromatic rings. The maximum atomic E-state index is 3.98. The summed E-state index contributed by atoms with van der Waals surface area (Å²) in [4.78, 5) is 10.4. The molecule has 0 bridgehead atoms. The molecule has 0 aliphatic heterocycles. The lowest BCUT2D eigenvalue weighted by atomic mass is 10.4. The van der Waals surface area contributed by atoms with Gasteiger partial charge in [-0.3, -0.25) is 4.98 Å². The van der Waals surface area contributed by atoms with E-state index in [1.165, 1.54) is 0 Å². The van der Waals surface area contributed by atoms with Crippen molar-refractivity contribution in [2.75, 3.05) is 0 Å². The normalized spacial score (nSPS) is 8.31. The Bertz CT molecular complexity index is 296. The Morgan fingerprint density at radius 2 is 2.23 bits per heavy atom. The average Bonchev–Trinajstić information content (AvgIpc) is 2.77. The summed E-state index contributed by atoms with van der Waals surface area (Å²) in [5, 5.41) is 0. The molecule has 2 rings (SSSR count). The van der Waals surface area contributed by atoms with Crippen molar-refractivity contribution in [2.45, 2.75) is 0 Å². The lowest BCUT2D eigenvalue weighted by Gasteiger charge is -1.84. The van der Waals surface area contributed by atoms with E-state index in [4.69, 9.17) is 0 Å². The van der Waals surface area contributed by atoms with Crippen LogP contribution in [-0.2, 0) is 0 Å². The van der Waals surface area contributed by atoms with Crippen molar-refractivity contribution in [3.8, 4) is 0 Å². The second kappa shape index (κ2) is 5.71. The maximum Gasteiger partial charge on any atom is 0.0919 e. The molecule has 0 aliphatic rings. The van der Waals surface area contributed by atoms with Gasteiger partial charge in [0.05, 0.1) is 12.0 Å². The van der Waals surface area contributed by atoms with Crippen LogP contribution in [0, 0.1) is 0 Å². The highest BCUT2D eigenvalue weighted by Crippen LogP contribution is 1.91. The highest BCUT2D eigenvalue weighted by Gasteiger charge is 1.77. The molecule has 0 saturated carbocycles. The number of rotatable bonds is 1. The molecule has 0 atom stereocenters. The molecule has 66 valence electrons. The Hall–Kier alpha value is -1.90. The fourth-order valence-electron chi connectivity index (χ4n) is 0.712. The molecule has 0 aromatic carbocycles. The van der Waals surface area contributed by atoms with E-state index in [1.807, 2.05) is 18.2 Å². The van der Waals surface area contributed by atoms with Crippen molar-refractivity contribution >= 4 is 6.08 Å². The van der Waals surface area contributed by atoms with E-state index in [-0.39, 0.29) is 0 Å². The van der Waals surface area contributed by atoms with E-state index >= 15 is 0 Å². The summed E-state index contributed by atoms with van der Waals surface area (Å²) in [7, 11) is 0. The number of imidazole rings is 1. The molecule has 0 saturated heterocycles. The minimum absolute atomic E-state index is 0.924. The van der Waals surface area contributed by atoms with Gasteiger partial charge in [0.15, 0.2) is 0 Å². The predicted octanol–water partition coefficient (Wildman–Crippen LogP) is 2.13. The lowest BCUT2D eigenvalue weighted by Crippen LogP contribution is -1.73. The van der Waals surface area contributed by atoms with Gasteiger partial charge in [-0.15, -0.1) is 0 Å². The van der Waals surface area contributed by atoms with Gasteiger partial charge in [-0.1, -0.05) is 12.6 Å². The third-order valence-electron chi connectivity index (χ3n) is 1.30. The zero-order valence-corrected chi connectivity index (χ0v) is 7.22. The van der Waals surface area contributed by atoms with Crippen LogP contribution in [0.4, 0.5) is 0 Å². The standard InChI is InChI=1S/C7H7N.C3H4N2/c1-2-7-5-3-4-6-8-7;1-2-5-3-4-1/h2-6H,1H2;1-3H,(H,4,5). The number of aromatic amines is 1. The number of pyridine rings is 1. The molecule has 1 N–H and O–H groups in total. The molecule has 0 spiro atoms. The summed E-state index contributed by atoms with van der Waals surface area (Å²) in [5.41, 5.74) is 0.924. The number of hydrogen-bond donors (Lipinski definition) is 1. The van der Waals surface area contributed by atoms with Crippen molar-refractivity contribution in [3.05, 3.63) is 55.4 Å². The molecule has 0 fully saturated rings. The largest absolute Gasteiger partial charge is 0.351 e. The zero-order valence-electron chi connectivity index (χ0n) is 7.22. The first-order chi connectivity index (χ1) is 6.43. The number of H-pyrrole nitrogens is 1. The van der Waals surface area contributed by atoms with Gasteiger partial charge in [-0.25, -0.2) is 4.98 Å². The van der Waals surface area contributed by atoms with Crippen LogP contribution in [0.1, 0.15) is 5.69 Å². The highest BCUT2D eigenvalue weighted by molar-refractivity contribution is 5.40. The molecule has 3 nitrogen and oxygen atoms in total. The van der Waals surface area contributed by atoms with Crippen molar-refractivity contribution < 1.29 is 0 Å². The molecular weight excluding hydrogens is 162 g/mol. The maximum absolute atomic E-state index is 3.98. The van der Waals surface area contributed by atoms with Gasteiger partial charge in [0, 0.05) is 18.6 Å². The topological polar surface area (TPSA) is 41.6 Å². The molecule has 0 amide bonds. The second-order valence-corrected chi connectivity index (χ2v) is 2.22. The van der Waals surface area contributed by atoms with E-state index in [2.05, 4.69) is 21.5 Å². The average molecular weight is 173 g/mol. The van der Waals surface area contributed by atoms with E-state index in [0.717, 1.165) is 5.69 Å². The summed E-state index contributed by atoms with van der Waals surface area (Å²) < 4.78 is 0. The minimum Gasteiger partial charge on any atom is -0.351 e. The fourth-order valence-corrected chi connectivity index (χ4v) is 0.712. The van der Waals surface area contributed by atoms with Crippen LogP contribution in [0.25, 0.3) is 6.08 Å². The molecule has 2 aromatic heterocycles. The van der Waals surface area contributed by atoms with Gasteiger partial charge in [0.1, 0.15) is 0 Å². The van der Waals surface area contributed by atoms with E-state index < -0.39 is 0 Å². The number of hydrogen-bond acceptors (Lipinski definition) is 2. The van der Waals surface area contributed by atoms with E-state index in [9.17, 15) is 0 Å². The van der Waals surface area contributed by atoms with Gasteiger partial charge < -0.3 is 4.98 Å². The van der Waals surface area contributed by atoms with Crippen molar-refractivity contribution in [1.82, 2.24) is 15.0 Å². The Kier molecular flexibility index (Phi) is 4.04. The first-order valence-electron chi connectivity index (χ1n) is 3.89. The van der Waals surface area contributed by atoms with E-state index in [0.29, 0.717) is 0 Å². The van der Waals surface area contributed by atoms with Crippen molar-refractivity contribution in [3.63, 3.8) is 0 Å². The Balaban J connectivity index is 0.000000145. The van der Waals surface area contributed by atoms with Gasteiger partial charge in [-0.2, -0.15) is 0 Å². The van der Waals surface area contributed by atoms with Gasteiger partial charge in [0.25, 0.3) is 0 Å². The Morgan fingerprint density at radius 1 is 1.31 bits per heavy atom. The molecule has 2 heterocycles. The highest BCUT2D eigenvalue weighted by atomic mass is 14.8. The van der Waals surface area contributed by atoms with E-state index in [1.54, 1.807) is 31.0 Å². The molecule has 0 unspecified atom stereocenters. The monoisotopic (exact) mass is 173 g/mol. The first-order valence-corrected chi connectivity index (χ1v) is 3.89. The smallest absolute Gasteiger partial charge is 0.0919 e. The van der Waals surface area contributed by atoms with Crippen LogP contribution in [0.3, 0.4) is 0 Å². The second-order valence-electron chi connectivity index (χ2n) is 2.22. The van der Waals surface area contributed by atoms with Gasteiger partial charge >= 0.3 is 0 Å². The Morgan fingerprint density at radius 3 is 2.54 bits per heavy atom. The van der Waals surface area contributed by atoms with Crippen LogP contribution in [0.15, 0.2) is 49.7 Å². The lowest BCUT2D eigenvalue weighted by molar-refractivity contribution is 1.30. The van der Waals surface area contributed by atoms with Crippen LogP contribution < -0.4 is 0 Å². The number of nitrogens with one attached hydrogen (secondary N) is 1. The molecule has 3 heteroatoms. The molecule has 0 aliphatic carbocycles. The summed E-state index contributed by atoms with van der Waals surface area (Å²) in [6.45, 7) is 3.57. The predicted molar refractivity (Wildman–Crippen MR) is 52.9 cm³/mol. The molecule has 0 radical (unpaired) electrons. The number of aromatic nitrogens is 3. The third-order valence-corrected chi connectivity index (χ3v) is 1.30. The summed E-state index contributed by atoms with van der Waals surface area (Å²) in [6, 6.07) is 5.73. The number of nitrogens with zero attached hydrogens (tertiary/aromatic N) is 2. The zero-order chi connectivity index (χ0) is 9.36. The molecule has 13 heavy (non-hydrogen) atoms. The molecular formula is C10H11N3. The van der Waals surface area contributed by atoms with Gasteiger partial charge in [-0.05, 0) is 18.2 Å². The third kappa shape index (κ3) is 3.86.